The summed E-state index contributed by atoms with van der Waals surface area (Å²) in [6.07, 6.45) is 1.69. The zero-order valence-electron chi connectivity index (χ0n) is 7.33. The Kier molecular flexibility index (Phi) is 2.62. The number of rotatable bonds is 2. The van der Waals surface area contributed by atoms with Gasteiger partial charge in [-0.2, -0.15) is 0 Å². The predicted molar refractivity (Wildman–Crippen MR) is 49.1 cm³/mol. The summed E-state index contributed by atoms with van der Waals surface area (Å²) < 4.78 is 0. The molecule has 1 rings (SSSR count). The van der Waals surface area contributed by atoms with Crippen molar-refractivity contribution < 1.29 is 0 Å². The van der Waals surface area contributed by atoms with Gasteiger partial charge in [-0.25, -0.2) is 4.98 Å². The third-order valence-corrected chi connectivity index (χ3v) is 1.92. The molecule has 1 aromatic rings. The number of aromatic nitrogens is 1. The van der Waals surface area contributed by atoms with Crippen molar-refractivity contribution in [2.24, 2.45) is 5.84 Å². The van der Waals surface area contributed by atoms with Gasteiger partial charge in [0, 0.05) is 17.8 Å². The quantitative estimate of drug-likeness (QED) is 0.441. The van der Waals surface area contributed by atoms with E-state index in [4.69, 9.17) is 11.6 Å². The molecule has 0 aliphatic rings. The molecule has 0 aliphatic carbocycles. The monoisotopic (exact) mass is 166 g/mol. The van der Waals surface area contributed by atoms with Crippen LogP contribution in [0.3, 0.4) is 0 Å². The van der Waals surface area contributed by atoms with E-state index in [2.05, 4.69) is 10.4 Å². The minimum atomic E-state index is 0.0405. The molecule has 0 saturated carbocycles. The maximum Gasteiger partial charge on any atom is 0.128 e. The van der Waals surface area contributed by atoms with Gasteiger partial charge in [-0.1, -0.05) is 0 Å². The second kappa shape index (κ2) is 3.51. The van der Waals surface area contributed by atoms with Crippen molar-refractivity contribution in [1.29, 1.82) is 0 Å². The summed E-state index contributed by atoms with van der Waals surface area (Å²) in [5.74, 6) is 5.85. The number of anilines is 1. The van der Waals surface area contributed by atoms with Crippen molar-refractivity contribution in [3.63, 3.8) is 0 Å². The molecule has 0 aliphatic heterocycles. The molecule has 0 spiro atoms. The van der Waals surface area contributed by atoms with Crippen LogP contribution in [0.15, 0.2) is 12.3 Å². The van der Waals surface area contributed by atoms with E-state index in [-0.39, 0.29) is 6.04 Å². The molecule has 1 aromatic heterocycles. The zero-order valence-corrected chi connectivity index (χ0v) is 7.33. The molecule has 0 radical (unpaired) electrons. The fraction of sp³-hybridized carbons (Fsp3) is 0.375. The fourth-order valence-electron chi connectivity index (χ4n) is 1.24. The summed E-state index contributed by atoms with van der Waals surface area (Å²) in [6.45, 7) is 3.93. The lowest BCUT2D eigenvalue weighted by Crippen LogP contribution is -2.27. The maximum atomic E-state index is 5.69. The first-order chi connectivity index (χ1) is 5.66. The topological polar surface area (TPSA) is 77.0 Å². The Labute approximate surface area is 71.9 Å². The van der Waals surface area contributed by atoms with Crippen molar-refractivity contribution in [3.05, 3.63) is 23.4 Å². The molecule has 4 heteroatoms. The van der Waals surface area contributed by atoms with Crippen molar-refractivity contribution in [3.8, 4) is 0 Å². The third-order valence-electron chi connectivity index (χ3n) is 1.92. The number of nitrogens with one attached hydrogen (secondary N) is 1. The van der Waals surface area contributed by atoms with Crippen LogP contribution in [-0.2, 0) is 0 Å². The summed E-state index contributed by atoms with van der Waals surface area (Å²) >= 11 is 0. The van der Waals surface area contributed by atoms with Crippen LogP contribution in [-0.4, -0.2) is 4.98 Å². The molecule has 0 amide bonds. The number of pyridine rings is 1. The van der Waals surface area contributed by atoms with E-state index in [0.29, 0.717) is 5.82 Å². The number of nitrogen functional groups attached to an aromatic ring is 1. The van der Waals surface area contributed by atoms with E-state index in [9.17, 15) is 0 Å². The second-order valence-corrected chi connectivity index (χ2v) is 2.82. The van der Waals surface area contributed by atoms with Crippen LogP contribution in [0, 0.1) is 6.92 Å². The van der Waals surface area contributed by atoms with Gasteiger partial charge in [0.1, 0.15) is 5.82 Å². The number of aryl methyl sites for hydroxylation is 1. The first-order valence-electron chi connectivity index (χ1n) is 3.84. The van der Waals surface area contributed by atoms with Crippen molar-refractivity contribution in [2.45, 2.75) is 19.9 Å². The maximum absolute atomic E-state index is 5.69. The first kappa shape index (κ1) is 8.96. The molecule has 66 valence electrons. The number of hydrazine groups is 1. The van der Waals surface area contributed by atoms with Gasteiger partial charge in [-0.15, -0.1) is 0 Å². The molecular formula is C8H14N4. The molecule has 5 N–H and O–H groups in total. The Balaban J connectivity index is 3.12. The smallest absolute Gasteiger partial charge is 0.128 e. The van der Waals surface area contributed by atoms with E-state index < -0.39 is 0 Å². The van der Waals surface area contributed by atoms with Crippen LogP contribution < -0.4 is 17.0 Å². The standard InChI is InChI=1S/C8H14N4/c1-5-3-4-11-8(9)7(5)6(2)12-10/h3-4,6,12H,10H2,1-2H3,(H2,9,11). The molecule has 4 nitrogen and oxygen atoms in total. The largest absolute Gasteiger partial charge is 0.383 e. The lowest BCUT2D eigenvalue weighted by Gasteiger charge is -2.14. The Bertz CT molecular complexity index is 252. The van der Waals surface area contributed by atoms with E-state index in [1.54, 1.807) is 6.20 Å². The molecule has 0 bridgehead atoms. The summed E-state index contributed by atoms with van der Waals surface area (Å²) in [6, 6.07) is 1.96. The van der Waals surface area contributed by atoms with Crippen LogP contribution in [0.4, 0.5) is 5.82 Å². The number of hydrogen-bond acceptors (Lipinski definition) is 4. The van der Waals surface area contributed by atoms with Crippen LogP contribution in [0.2, 0.25) is 0 Å². The highest BCUT2D eigenvalue weighted by Crippen LogP contribution is 2.20. The summed E-state index contributed by atoms with van der Waals surface area (Å²) in [5, 5.41) is 0. The average Bonchev–Trinajstić information content (AvgIpc) is 2.03. The van der Waals surface area contributed by atoms with E-state index >= 15 is 0 Å². The second-order valence-electron chi connectivity index (χ2n) is 2.82. The Morgan fingerprint density at radius 2 is 2.25 bits per heavy atom. The average molecular weight is 166 g/mol. The summed E-state index contributed by atoms with van der Waals surface area (Å²) in [5.41, 5.74) is 10.4. The molecule has 0 aromatic carbocycles. The minimum Gasteiger partial charge on any atom is -0.383 e. The normalized spacial score (nSPS) is 12.9. The van der Waals surface area contributed by atoms with Crippen LogP contribution in [0.1, 0.15) is 24.1 Å². The third kappa shape index (κ3) is 1.54. The minimum absolute atomic E-state index is 0.0405. The molecule has 1 atom stereocenters. The zero-order chi connectivity index (χ0) is 9.14. The van der Waals surface area contributed by atoms with Crippen molar-refractivity contribution in [1.82, 2.24) is 10.4 Å². The lowest BCUT2D eigenvalue weighted by molar-refractivity contribution is 0.599. The summed E-state index contributed by atoms with van der Waals surface area (Å²) in [4.78, 5) is 3.99. The highest BCUT2D eigenvalue weighted by atomic mass is 15.2. The molecule has 0 saturated heterocycles. The van der Waals surface area contributed by atoms with Gasteiger partial charge < -0.3 is 5.73 Å². The van der Waals surface area contributed by atoms with Crippen LogP contribution in [0.5, 0.6) is 0 Å². The highest BCUT2D eigenvalue weighted by molar-refractivity contribution is 5.45. The van der Waals surface area contributed by atoms with Gasteiger partial charge in [-0.3, -0.25) is 11.3 Å². The number of nitrogens with two attached hydrogens (primary N) is 2. The van der Waals surface area contributed by atoms with Gasteiger partial charge in [0.25, 0.3) is 0 Å². The van der Waals surface area contributed by atoms with Crippen LogP contribution >= 0.6 is 0 Å². The fourth-order valence-corrected chi connectivity index (χ4v) is 1.24. The van der Waals surface area contributed by atoms with E-state index in [1.807, 2.05) is 19.9 Å². The molecule has 12 heavy (non-hydrogen) atoms. The number of hydrogen-bond donors (Lipinski definition) is 3. The Morgan fingerprint density at radius 1 is 1.58 bits per heavy atom. The van der Waals surface area contributed by atoms with Gasteiger partial charge in [-0.05, 0) is 25.5 Å². The van der Waals surface area contributed by atoms with Crippen molar-refractivity contribution in [2.75, 3.05) is 5.73 Å². The molecular weight excluding hydrogens is 152 g/mol. The summed E-state index contributed by atoms with van der Waals surface area (Å²) in [7, 11) is 0. The molecule has 1 heterocycles. The molecule has 0 fully saturated rings. The first-order valence-corrected chi connectivity index (χ1v) is 3.84. The van der Waals surface area contributed by atoms with E-state index in [0.717, 1.165) is 11.1 Å². The Hall–Kier alpha value is -1.13. The van der Waals surface area contributed by atoms with Crippen molar-refractivity contribution >= 4 is 5.82 Å². The number of nitrogens with zero attached hydrogens (tertiary/aromatic N) is 1. The van der Waals surface area contributed by atoms with Gasteiger partial charge in [0.2, 0.25) is 0 Å². The predicted octanol–water partition coefficient (Wildman–Crippen LogP) is 0.497. The van der Waals surface area contributed by atoms with Gasteiger partial charge in [0.15, 0.2) is 0 Å². The highest BCUT2D eigenvalue weighted by Gasteiger charge is 2.10. The van der Waals surface area contributed by atoms with E-state index in [1.165, 1.54) is 0 Å². The lowest BCUT2D eigenvalue weighted by atomic mass is 10.0. The Morgan fingerprint density at radius 3 is 2.75 bits per heavy atom. The van der Waals surface area contributed by atoms with Crippen LogP contribution in [0.25, 0.3) is 0 Å². The van der Waals surface area contributed by atoms with Gasteiger partial charge >= 0.3 is 0 Å². The molecule has 1 unspecified atom stereocenters. The van der Waals surface area contributed by atoms with Gasteiger partial charge in [0.05, 0.1) is 0 Å². The SMILES string of the molecule is Cc1ccnc(N)c1C(C)NN.